The van der Waals surface area contributed by atoms with E-state index in [4.69, 9.17) is 10.5 Å². The topological polar surface area (TPSA) is 103 Å². The largest absolute Gasteiger partial charge is 0.439 e. The SMILES string of the molecule is CSc1nc(Oc2ccc(C)c(C)c2)cc(-n2nc(SC)c(C#N)c2N)n1. The van der Waals surface area contributed by atoms with E-state index in [1.807, 2.05) is 44.6 Å². The number of aromatic nitrogens is 4. The van der Waals surface area contributed by atoms with Crippen LogP contribution in [0, 0.1) is 25.2 Å². The summed E-state index contributed by atoms with van der Waals surface area (Å²) in [5.41, 5.74) is 8.77. The van der Waals surface area contributed by atoms with E-state index in [1.54, 1.807) is 6.07 Å². The van der Waals surface area contributed by atoms with Gasteiger partial charge in [0.2, 0.25) is 5.88 Å². The maximum absolute atomic E-state index is 9.33. The number of nitrogens with zero attached hydrogens (tertiary/aromatic N) is 5. The van der Waals surface area contributed by atoms with Gasteiger partial charge in [0.05, 0.1) is 0 Å². The quantitative estimate of drug-likeness (QED) is 0.509. The van der Waals surface area contributed by atoms with Crippen LogP contribution in [0.5, 0.6) is 11.6 Å². The molecule has 0 spiro atoms. The summed E-state index contributed by atoms with van der Waals surface area (Å²) in [5, 5.41) is 14.8. The summed E-state index contributed by atoms with van der Waals surface area (Å²) in [6, 6.07) is 9.59. The third-order valence-electron chi connectivity index (χ3n) is 3.96. The lowest BCUT2D eigenvalue weighted by Crippen LogP contribution is -2.06. The molecular formula is C18H18N6OS2. The van der Waals surface area contributed by atoms with Crippen molar-refractivity contribution < 1.29 is 4.74 Å². The summed E-state index contributed by atoms with van der Waals surface area (Å²) in [4.78, 5) is 8.85. The van der Waals surface area contributed by atoms with Gasteiger partial charge in [-0.2, -0.15) is 20.0 Å². The fraction of sp³-hybridized carbons (Fsp3) is 0.222. The average Bonchev–Trinajstić information content (AvgIpc) is 3.00. The molecule has 2 aromatic heterocycles. The molecule has 0 atom stereocenters. The Morgan fingerprint density at radius 1 is 1.11 bits per heavy atom. The maximum atomic E-state index is 9.33. The number of nitrogen functional groups attached to an aromatic ring is 1. The second-order valence-electron chi connectivity index (χ2n) is 5.69. The van der Waals surface area contributed by atoms with Crippen molar-refractivity contribution in [2.75, 3.05) is 18.2 Å². The van der Waals surface area contributed by atoms with E-state index in [0.29, 0.717) is 33.2 Å². The molecule has 0 aliphatic rings. The smallest absolute Gasteiger partial charge is 0.225 e. The van der Waals surface area contributed by atoms with Crippen molar-refractivity contribution in [1.29, 1.82) is 5.26 Å². The predicted octanol–water partition coefficient (Wildman–Crippen LogP) is 3.97. The molecule has 27 heavy (non-hydrogen) atoms. The number of aryl methyl sites for hydroxylation is 2. The molecule has 3 rings (SSSR count). The lowest BCUT2D eigenvalue weighted by Gasteiger charge is -2.10. The molecule has 0 amide bonds. The first-order valence-corrected chi connectivity index (χ1v) is 10.4. The van der Waals surface area contributed by atoms with Gasteiger partial charge in [-0.15, -0.1) is 11.8 Å². The fourth-order valence-electron chi connectivity index (χ4n) is 2.38. The van der Waals surface area contributed by atoms with E-state index in [-0.39, 0.29) is 5.82 Å². The molecule has 138 valence electrons. The number of nitrogens with two attached hydrogens (primary N) is 1. The zero-order valence-electron chi connectivity index (χ0n) is 15.3. The van der Waals surface area contributed by atoms with E-state index in [1.165, 1.54) is 33.8 Å². The summed E-state index contributed by atoms with van der Waals surface area (Å²) >= 11 is 2.74. The van der Waals surface area contributed by atoms with Crippen LogP contribution in [0.3, 0.4) is 0 Å². The molecule has 0 bridgehead atoms. The predicted molar refractivity (Wildman–Crippen MR) is 108 cm³/mol. The lowest BCUT2D eigenvalue weighted by molar-refractivity contribution is 0.454. The van der Waals surface area contributed by atoms with Gasteiger partial charge in [0.25, 0.3) is 0 Å². The van der Waals surface area contributed by atoms with Crippen LogP contribution < -0.4 is 10.5 Å². The van der Waals surface area contributed by atoms with Crippen molar-refractivity contribution >= 4 is 29.3 Å². The van der Waals surface area contributed by atoms with Gasteiger partial charge in [-0.3, -0.25) is 0 Å². The minimum absolute atomic E-state index is 0.240. The zero-order valence-corrected chi connectivity index (χ0v) is 17.0. The third kappa shape index (κ3) is 3.86. The monoisotopic (exact) mass is 398 g/mol. The Kier molecular flexibility index (Phi) is 5.58. The van der Waals surface area contributed by atoms with Gasteiger partial charge in [0.15, 0.2) is 11.0 Å². The third-order valence-corrected chi connectivity index (χ3v) is 5.18. The van der Waals surface area contributed by atoms with Gasteiger partial charge < -0.3 is 10.5 Å². The molecule has 2 N–H and O–H groups in total. The molecule has 0 fully saturated rings. The molecule has 3 aromatic rings. The first-order chi connectivity index (χ1) is 13.0. The van der Waals surface area contributed by atoms with Crippen molar-refractivity contribution in [2.24, 2.45) is 0 Å². The van der Waals surface area contributed by atoms with Gasteiger partial charge in [-0.25, -0.2) is 4.98 Å². The summed E-state index contributed by atoms with van der Waals surface area (Å²) in [6.45, 7) is 4.07. The van der Waals surface area contributed by atoms with Gasteiger partial charge in [-0.1, -0.05) is 17.8 Å². The van der Waals surface area contributed by atoms with E-state index >= 15 is 0 Å². The standard InChI is InChI=1S/C18H18N6OS2/c1-10-5-6-12(7-11(10)2)25-15-8-14(21-18(22-15)27-4)24-16(20)13(9-19)17(23-24)26-3/h5-8H,20H2,1-4H3. The van der Waals surface area contributed by atoms with Gasteiger partial charge in [0, 0.05) is 6.07 Å². The molecule has 0 saturated heterocycles. The van der Waals surface area contributed by atoms with Crippen molar-refractivity contribution in [2.45, 2.75) is 24.0 Å². The molecule has 0 aliphatic heterocycles. The van der Waals surface area contributed by atoms with Crippen LogP contribution >= 0.6 is 23.5 Å². The highest BCUT2D eigenvalue weighted by atomic mass is 32.2. The second kappa shape index (κ2) is 7.90. The summed E-state index contributed by atoms with van der Waals surface area (Å²) in [7, 11) is 0. The molecular weight excluding hydrogens is 380 g/mol. The Morgan fingerprint density at radius 3 is 2.48 bits per heavy atom. The van der Waals surface area contributed by atoms with Crippen molar-refractivity contribution in [3.63, 3.8) is 0 Å². The van der Waals surface area contributed by atoms with Crippen LogP contribution in [0.4, 0.5) is 5.82 Å². The van der Waals surface area contributed by atoms with Crippen molar-refractivity contribution in [3.05, 3.63) is 41.0 Å². The minimum Gasteiger partial charge on any atom is -0.439 e. The number of ether oxygens (including phenoxy) is 1. The molecule has 2 heterocycles. The Balaban J connectivity index is 2.05. The van der Waals surface area contributed by atoms with Crippen LogP contribution in [0.25, 0.3) is 5.82 Å². The van der Waals surface area contributed by atoms with Crippen molar-refractivity contribution in [3.8, 4) is 23.5 Å². The average molecular weight is 399 g/mol. The van der Waals surface area contributed by atoms with E-state index in [0.717, 1.165) is 5.56 Å². The first kappa shape index (κ1) is 19.1. The molecule has 0 saturated carbocycles. The van der Waals surface area contributed by atoms with E-state index < -0.39 is 0 Å². The van der Waals surface area contributed by atoms with Gasteiger partial charge >= 0.3 is 0 Å². The summed E-state index contributed by atoms with van der Waals surface area (Å²) < 4.78 is 7.38. The van der Waals surface area contributed by atoms with Crippen LogP contribution in [-0.4, -0.2) is 32.3 Å². The molecule has 0 unspecified atom stereocenters. The number of rotatable bonds is 5. The molecule has 0 aliphatic carbocycles. The summed E-state index contributed by atoms with van der Waals surface area (Å²) in [6.07, 6.45) is 3.72. The van der Waals surface area contributed by atoms with Crippen LogP contribution in [0.1, 0.15) is 16.7 Å². The Morgan fingerprint density at radius 2 is 1.89 bits per heavy atom. The summed E-state index contributed by atoms with van der Waals surface area (Å²) in [5.74, 6) is 1.75. The highest BCUT2D eigenvalue weighted by Crippen LogP contribution is 2.29. The Bertz CT molecular complexity index is 1040. The number of benzene rings is 1. The number of hydrogen-bond acceptors (Lipinski definition) is 8. The van der Waals surface area contributed by atoms with Crippen LogP contribution in [-0.2, 0) is 0 Å². The molecule has 1 aromatic carbocycles. The van der Waals surface area contributed by atoms with Crippen LogP contribution in [0.15, 0.2) is 34.4 Å². The fourth-order valence-corrected chi connectivity index (χ4v) is 3.26. The Hall–Kier alpha value is -2.70. The normalized spacial score (nSPS) is 10.6. The van der Waals surface area contributed by atoms with Crippen molar-refractivity contribution in [1.82, 2.24) is 19.7 Å². The molecule has 9 heteroatoms. The van der Waals surface area contributed by atoms with Gasteiger partial charge in [-0.05, 0) is 49.6 Å². The first-order valence-electron chi connectivity index (χ1n) is 7.98. The number of anilines is 1. The highest BCUT2D eigenvalue weighted by molar-refractivity contribution is 7.98. The number of nitriles is 1. The van der Waals surface area contributed by atoms with E-state index in [2.05, 4.69) is 21.1 Å². The van der Waals surface area contributed by atoms with Crippen LogP contribution in [0.2, 0.25) is 0 Å². The molecule has 0 radical (unpaired) electrons. The minimum atomic E-state index is 0.240. The second-order valence-corrected chi connectivity index (χ2v) is 7.26. The number of hydrogen-bond donors (Lipinski definition) is 1. The lowest BCUT2D eigenvalue weighted by atomic mass is 10.1. The Labute approximate surface area is 166 Å². The molecule has 7 nitrogen and oxygen atoms in total. The number of thioether (sulfide) groups is 2. The van der Waals surface area contributed by atoms with Gasteiger partial charge in [0.1, 0.15) is 28.2 Å². The highest BCUT2D eigenvalue weighted by Gasteiger charge is 2.18. The van der Waals surface area contributed by atoms with E-state index in [9.17, 15) is 5.26 Å². The maximum Gasteiger partial charge on any atom is 0.225 e. The zero-order chi connectivity index (χ0) is 19.6.